The maximum atomic E-state index is 12.8. The largest absolute Gasteiger partial charge is 0.495 e. The van der Waals surface area contributed by atoms with Crippen molar-refractivity contribution in [1.29, 1.82) is 0 Å². The van der Waals surface area contributed by atoms with E-state index < -0.39 is 15.9 Å². The predicted molar refractivity (Wildman–Crippen MR) is 109 cm³/mol. The average Bonchev–Trinajstić information content (AvgIpc) is 2.63. The van der Waals surface area contributed by atoms with E-state index in [0.29, 0.717) is 33.3 Å². The summed E-state index contributed by atoms with van der Waals surface area (Å²) in [6.45, 7) is 3.46. The summed E-state index contributed by atoms with van der Waals surface area (Å²) in [5, 5.41) is 3.01. The Kier molecular flexibility index (Phi) is 6.59. The number of aryl methyl sites for hydroxylation is 1. The Labute approximate surface area is 170 Å². The SMILES string of the molecule is COc1cc(OC)c(NC(=O)c2cc(C)c(C)c(S(=O)(=O)N(C)C)c2)cc1Cl. The van der Waals surface area contributed by atoms with E-state index >= 15 is 0 Å². The highest BCUT2D eigenvalue weighted by Gasteiger charge is 2.23. The Morgan fingerprint density at radius 3 is 2.18 bits per heavy atom. The molecule has 0 spiro atoms. The number of amides is 1. The Balaban J connectivity index is 2.49. The van der Waals surface area contributed by atoms with Gasteiger partial charge < -0.3 is 14.8 Å². The Morgan fingerprint density at radius 2 is 1.64 bits per heavy atom. The summed E-state index contributed by atoms with van der Waals surface area (Å²) in [5.41, 5.74) is 1.83. The molecule has 0 fully saturated rings. The number of benzene rings is 2. The number of methoxy groups -OCH3 is 2. The first-order chi connectivity index (χ1) is 13.0. The lowest BCUT2D eigenvalue weighted by atomic mass is 10.1. The van der Waals surface area contributed by atoms with Crippen molar-refractivity contribution in [3.63, 3.8) is 0 Å². The molecular weight excluding hydrogens is 404 g/mol. The number of hydrogen-bond donors (Lipinski definition) is 1. The van der Waals surface area contributed by atoms with Gasteiger partial charge in [0.05, 0.1) is 29.8 Å². The van der Waals surface area contributed by atoms with Crippen molar-refractivity contribution in [2.24, 2.45) is 0 Å². The van der Waals surface area contributed by atoms with E-state index in [1.54, 1.807) is 26.0 Å². The summed E-state index contributed by atoms with van der Waals surface area (Å²) >= 11 is 6.14. The van der Waals surface area contributed by atoms with E-state index in [-0.39, 0.29) is 10.5 Å². The van der Waals surface area contributed by atoms with Crippen LogP contribution in [0, 0.1) is 13.8 Å². The van der Waals surface area contributed by atoms with Gasteiger partial charge in [-0.05, 0) is 43.2 Å². The molecule has 152 valence electrons. The molecule has 0 bridgehead atoms. The summed E-state index contributed by atoms with van der Waals surface area (Å²) in [5.74, 6) is 0.277. The molecule has 0 atom stereocenters. The Bertz CT molecular complexity index is 1020. The first kappa shape index (κ1) is 22.0. The molecule has 0 aromatic heterocycles. The third-order valence-electron chi connectivity index (χ3n) is 4.36. The predicted octanol–water partition coefficient (Wildman–Crippen LogP) is 3.48. The van der Waals surface area contributed by atoms with Gasteiger partial charge in [0.1, 0.15) is 11.5 Å². The second-order valence-corrected chi connectivity index (χ2v) is 8.87. The zero-order valence-electron chi connectivity index (χ0n) is 16.6. The lowest BCUT2D eigenvalue weighted by Crippen LogP contribution is -2.24. The van der Waals surface area contributed by atoms with Crippen LogP contribution in [0.25, 0.3) is 0 Å². The van der Waals surface area contributed by atoms with E-state index in [1.807, 2.05) is 0 Å². The molecule has 1 N–H and O–H groups in total. The summed E-state index contributed by atoms with van der Waals surface area (Å²) in [7, 11) is 2.12. The van der Waals surface area contributed by atoms with Gasteiger partial charge in [-0.25, -0.2) is 12.7 Å². The lowest BCUT2D eigenvalue weighted by Gasteiger charge is -2.17. The second kappa shape index (κ2) is 8.38. The second-order valence-electron chi connectivity index (χ2n) is 6.34. The Morgan fingerprint density at radius 1 is 1.04 bits per heavy atom. The summed E-state index contributed by atoms with van der Waals surface area (Å²) in [6, 6.07) is 6.07. The fraction of sp³-hybridized carbons (Fsp3) is 0.316. The van der Waals surface area contributed by atoms with Crippen LogP contribution in [-0.4, -0.2) is 46.9 Å². The molecule has 2 rings (SSSR count). The number of halogens is 1. The van der Waals surface area contributed by atoms with Crippen molar-refractivity contribution < 1.29 is 22.7 Å². The van der Waals surface area contributed by atoms with Crippen LogP contribution < -0.4 is 14.8 Å². The maximum absolute atomic E-state index is 12.8. The number of ether oxygens (including phenoxy) is 2. The highest BCUT2D eigenvalue weighted by Crippen LogP contribution is 2.36. The van der Waals surface area contributed by atoms with Crippen LogP contribution in [0.3, 0.4) is 0 Å². The molecule has 2 aromatic carbocycles. The molecule has 1 amide bonds. The Hall–Kier alpha value is -2.29. The van der Waals surface area contributed by atoms with E-state index in [2.05, 4.69) is 5.32 Å². The molecule has 2 aromatic rings. The molecule has 7 nitrogen and oxygen atoms in total. The van der Waals surface area contributed by atoms with Crippen molar-refractivity contribution in [1.82, 2.24) is 4.31 Å². The van der Waals surface area contributed by atoms with Gasteiger partial charge in [0.25, 0.3) is 5.91 Å². The smallest absolute Gasteiger partial charge is 0.255 e. The standard InChI is InChI=1S/C19H23ClN2O5S/c1-11-7-13(8-18(12(11)2)28(24,25)22(3)4)19(23)21-15-9-14(20)16(26-5)10-17(15)27-6/h7-10H,1-6H3,(H,21,23). The van der Waals surface area contributed by atoms with Gasteiger partial charge in [-0.15, -0.1) is 0 Å². The first-order valence-corrected chi connectivity index (χ1v) is 10.1. The van der Waals surface area contributed by atoms with Gasteiger partial charge in [0.2, 0.25) is 10.0 Å². The van der Waals surface area contributed by atoms with E-state index in [1.165, 1.54) is 40.4 Å². The number of nitrogens with one attached hydrogen (secondary N) is 1. The molecule has 0 heterocycles. The molecule has 0 aliphatic carbocycles. The number of carbonyl (C=O) groups excluding carboxylic acids is 1. The number of anilines is 1. The van der Waals surface area contributed by atoms with Gasteiger partial charge in [-0.2, -0.15) is 0 Å². The average molecular weight is 427 g/mol. The van der Waals surface area contributed by atoms with Crippen molar-refractivity contribution in [2.45, 2.75) is 18.7 Å². The van der Waals surface area contributed by atoms with Gasteiger partial charge in [-0.1, -0.05) is 11.6 Å². The number of nitrogens with zero attached hydrogens (tertiary/aromatic N) is 1. The van der Waals surface area contributed by atoms with E-state index in [9.17, 15) is 13.2 Å². The molecule has 0 aliphatic rings. The molecule has 0 radical (unpaired) electrons. The number of carbonyl (C=O) groups is 1. The van der Waals surface area contributed by atoms with Crippen molar-refractivity contribution in [3.05, 3.63) is 46.0 Å². The molecular formula is C19H23ClN2O5S. The van der Waals surface area contributed by atoms with E-state index in [0.717, 1.165) is 4.31 Å². The third-order valence-corrected chi connectivity index (χ3v) is 6.60. The molecule has 28 heavy (non-hydrogen) atoms. The van der Waals surface area contributed by atoms with Gasteiger partial charge in [-0.3, -0.25) is 4.79 Å². The lowest BCUT2D eigenvalue weighted by molar-refractivity contribution is 0.102. The van der Waals surface area contributed by atoms with Gasteiger partial charge >= 0.3 is 0 Å². The zero-order valence-corrected chi connectivity index (χ0v) is 18.2. The fourth-order valence-electron chi connectivity index (χ4n) is 2.57. The van der Waals surface area contributed by atoms with Crippen LogP contribution >= 0.6 is 11.6 Å². The van der Waals surface area contributed by atoms with Crippen LogP contribution in [0.1, 0.15) is 21.5 Å². The fourth-order valence-corrected chi connectivity index (χ4v) is 4.03. The molecule has 0 saturated carbocycles. The summed E-state index contributed by atoms with van der Waals surface area (Å²) in [6.07, 6.45) is 0. The summed E-state index contributed by atoms with van der Waals surface area (Å²) in [4.78, 5) is 12.9. The monoisotopic (exact) mass is 426 g/mol. The quantitative estimate of drug-likeness (QED) is 0.764. The van der Waals surface area contributed by atoms with Crippen LogP contribution in [0.2, 0.25) is 5.02 Å². The maximum Gasteiger partial charge on any atom is 0.255 e. The molecule has 0 saturated heterocycles. The molecule has 9 heteroatoms. The minimum atomic E-state index is -3.70. The van der Waals surface area contributed by atoms with Gasteiger partial charge in [0.15, 0.2) is 0 Å². The summed E-state index contributed by atoms with van der Waals surface area (Å²) < 4.78 is 36.7. The third kappa shape index (κ3) is 4.24. The van der Waals surface area contributed by atoms with Crippen LogP contribution in [0.4, 0.5) is 5.69 Å². The minimum absolute atomic E-state index is 0.0855. The van der Waals surface area contributed by atoms with Gasteiger partial charge in [0, 0.05) is 25.7 Å². The normalized spacial score (nSPS) is 11.4. The van der Waals surface area contributed by atoms with Crippen molar-refractivity contribution in [2.75, 3.05) is 33.6 Å². The zero-order chi connectivity index (χ0) is 21.2. The van der Waals surface area contributed by atoms with Crippen molar-refractivity contribution in [3.8, 4) is 11.5 Å². The van der Waals surface area contributed by atoms with Crippen molar-refractivity contribution >= 4 is 33.2 Å². The number of rotatable bonds is 6. The number of sulfonamides is 1. The topological polar surface area (TPSA) is 84.9 Å². The molecule has 0 aliphatic heterocycles. The minimum Gasteiger partial charge on any atom is -0.495 e. The highest BCUT2D eigenvalue weighted by atomic mass is 35.5. The van der Waals surface area contributed by atoms with E-state index in [4.69, 9.17) is 21.1 Å². The highest BCUT2D eigenvalue weighted by molar-refractivity contribution is 7.89. The first-order valence-electron chi connectivity index (χ1n) is 8.29. The number of hydrogen-bond acceptors (Lipinski definition) is 5. The van der Waals surface area contributed by atoms with Crippen LogP contribution in [0.15, 0.2) is 29.2 Å². The molecule has 0 unspecified atom stereocenters. The van der Waals surface area contributed by atoms with Crippen LogP contribution in [-0.2, 0) is 10.0 Å². The van der Waals surface area contributed by atoms with Crippen LogP contribution in [0.5, 0.6) is 11.5 Å².